The Morgan fingerprint density at radius 2 is 2.18 bits per heavy atom. The van der Waals surface area contributed by atoms with Gasteiger partial charge in [-0.15, -0.1) is 0 Å². The monoisotopic (exact) mass is 233 g/mol. The van der Waals surface area contributed by atoms with Crippen LogP contribution in [0.4, 0.5) is 5.69 Å². The van der Waals surface area contributed by atoms with E-state index in [0.717, 1.165) is 22.1 Å². The molecule has 2 N–H and O–H groups in total. The maximum atomic E-state index is 5.82. The van der Waals surface area contributed by atoms with Crippen LogP contribution in [-0.4, -0.2) is 0 Å². The fourth-order valence-corrected chi connectivity index (χ4v) is 1.47. The summed E-state index contributed by atoms with van der Waals surface area (Å²) in [6, 6.07) is 3.72. The lowest BCUT2D eigenvalue weighted by Crippen LogP contribution is -1.92. The van der Waals surface area contributed by atoms with Gasteiger partial charge in [0.25, 0.3) is 0 Å². The molecule has 0 amide bonds. The Morgan fingerprint density at radius 3 is 2.73 bits per heavy atom. The van der Waals surface area contributed by atoms with Crippen molar-refractivity contribution in [1.29, 1.82) is 0 Å². The summed E-state index contributed by atoms with van der Waals surface area (Å²) in [5.41, 5.74) is 7.59. The molecule has 0 fully saturated rings. The van der Waals surface area contributed by atoms with Crippen molar-refractivity contribution in [2.45, 2.75) is 13.3 Å². The van der Waals surface area contributed by atoms with Crippen LogP contribution in [0, 0.1) is 0 Å². The molecular formula is C8H9BrClN. The van der Waals surface area contributed by atoms with E-state index in [4.69, 9.17) is 17.3 Å². The molecule has 3 heteroatoms. The van der Waals surface area contributed by atoms with Crippen LogP contribution in [0.3, 0.4) is 0 Å². The van der Waals surface area contributed by atoms with E-state index in [0.29, 0.717) is 5.02 Å². The van der Waals surface area contributed by atoms with Gasteiger partial charge in [0.15, 0.2) is 0 Å². The third kappa shape index (κ3) is 1.88. The molecule has 0 heterocycles. The predicted molar refractivity (Wildman–Crippen MR) is 52.9 cm³/mol. The topological polar surface area (TPSA) is 26.0 Å². The maximum absolute atomic E-state index is 5.82. The van der Waals surface area contributed by atoms with Gasteiger partial charge in [-0.25, -0.2) is 0 Å². The highest BCUT2D eigenvalue weighted by Gasteiger charge is 2.01. The first-order valence-corrected chi connectivity index (χ1v) is 4.55. The summed E-state index contributed by atoms with van der Waals surface area (Å²) in [5.74, 6) is 0. The van der Waals surface area contributed by atoms with Gasteiger partial charge in [0.05, 0.1) is 5.02 Å². The largest absolute Gasteiger partial charge is 0.398 e. The number of benzene rings is 1. The van der Waals surface area contributed by atoms with Gasteiger partial charge < -0.3 is 5.73 Å². The summed E-state index contributed by atoms with van der Waals surface area (Å²) in [6.07, 6.45) is 0.932. The first-order valence-electron chi connectivity index (χ1n) is 3.38. The van der Waals surface area contributed by atoms with Crippen molar-refractivity contribution in [2.24, 2.45) is 0 Å². The molecule has 0 spiro atoms. The molecule has 0 aliphatic rings. The van der Waals surface area contributed by atoms with E-state index in [1.165, 1.54) is 0 Å². The van der Waals surface area contributed by atoms with Gasteiger partial charge in [-0.3, -0.25) is 0 Å². The minimum Gasteiger partial charge on any atom is -0.398 e. The Bertz CT molecular complexity index is 273. The first kappa shape index (κ1) is 8.88. The summed E-state index contributed by atoms with van der Waals surface area (Å²) in [6.45, 7) is 2.06. The maximum Gasteiger partial charge on any atom is 0.0568 e. The van der Waals surface area contributed by atoms with E-state index < -0.39 is 0 Å². The van der Waals surface area contributed by atoms with Crippen LogP contribution in [0.25, 0.3) is 0 Å². The molecule has 0 saturated carbocycles. The Kier molecular flexibility index (Phi) is 2.79. The molecule has 0 aromatic heterocycles. The second-order valence-corrected chi connectivity index (χ2v) is 3.58. The molecule has 0 aliphatic carbocycles. The van der Waals surface area contributed by atoms with Gasteiger partial charge in [0.2, 0.25) is 0 Å². The minimum atomic E-state index is 0.666. The predicted octanol–water partition coefficient (Wildman–Crippen LogP) is 3.25. The molecular weight excluding hydrogens is 225 g/mol. The second kappa shape index (κ2) is 3.46. The molecule has 60 valence electrons. The number of hydrogen-bond donors (Lipinski definition) is 1. The van der Waals surface area contributed by atoms with Crippen molar-refractivity contribution in [3.05, 3.63) is 27.2 Å². The molecule has 0 aliphatic heterocycles. The van der Waals surface area contributed by atoms with Gasteiger partial charge in [0.1, 0.15) is 0 Å². The average Bonchev–Trinajstić information content (AvgIpc) is 1.97. The third-order valence-electron chi connectivity index (χ3n) is 1.56. The lowest BCUT2D eigenvalue weighted by atomic mass is 10.1. The molecule has 1 aromatic carbocycles. The highest BCUT2D eigenvalue weighted by molar-refractivity contribution is 9.10. The summed E-state index contributed by atoms with van der Waals surface area (Å²) in [5, 5.41) is 0.666. The zero-order chi connectivity index (χ0) is 8.43. The van der Waals surface area contributed by atoms with Crippen LogP contribution < -0.4 is 5.73 Å². The lowest BCUT2D eigenvalue weighted by molar-refractivity contribution is 1.14. The highest BCUT2D eigenvalue weighted by atomic mass is 79.9. The zero-order valence-electron chi connectivity index (χ0n) is 6.20. The first-order chi connectivity index (χ1) is 5.15. The molecule has 0 radical (unpaired) electrons. The third-order valence-corrected chi connectivity index (χ3v) is 2.76. The minimum absolute atomic E-state index is 0.666. The molecule has 0 saturated heterocycles. The Balaban J connectivity index is 3.21. The van der Waals surface area contributed by atoms with E-state index in [1.807, 2.05) is 6.07 Å². The quantitative estimate of drug-likeness (QED) is 0.742. The average molecular weight is 235 g/mol. The van der Waals surface area contributed by atoms with Gasteiger partial charge in [-0.1, -0.05) is 18.5 Å². The smallest absolute Gasteiger partial charge is 0.0568 e. The van der Waals surface area contributed by atoms with Gasteiger partial charge in [-0.05, 0) is 40.0 Å². The zero-order valence-corrected chi connectivity index (χ0v) is 8.54. The summed E-state index contributed by atoms with van der Waals surface area (Å²) in [7, 11) is 0. The van der Waals surface area contributed by atoms with Crippen molar-refractivity contribution in [2.75, 3.05) is 5.73 Å². The molecule has 0 unspecified atom stereocenters. The number of hydrogen-bond acceptors (Lipinski definition) is 1. The summed E-state index contributed by atoms with van der Waals surface area (Å²) < 4.78 is 0.908. The van der Waals surface area contributed by atoms with Crippen LogP contribution in [0.15, 0.2) is 16.6 Å². The summed E-state index contributed by atoms with van der Waals surface area (Å²) >= 11 is 9.15. The van der Waals surface area contributed by atoms with Gasteiger partial charge >= 0.3 is 0 Å². The van der Waals surface area contributed by atoms with Crippen LogP contribution in [0.2, 0.25) is 5.02 Å². The van der Waals surface area contributed by atoms with Crippen LogP contribution in [0.5, 0.6) is 0 Å². The van der Waals surface area contributed by atoms with Crippen LogP contribution in [-0.2, 0) is 6.42 Å². The highest BCUT2D eigenvalue weighted by Crippen LogP contribution is 2.27. The lowest BCUT2D eigenvalue weighted by Gasteiger charge is -2.04. The van der Waals surface area contributed by atoms with E-state index in [9.17, 15) is 0 Å². The Labute approximate surface area is 79.7 Å². The van der Waals surface area contributed by atoms with Crippen molar-refractivity contribution in [3.63, 3.8) is 0 Å². The van der Waals surface area contributed by atoms with Gasteiger partial charge in [-0.2, -0.15) is 0 Å². The van der Waals surface area contributed by atoms with E-state index in [1.54, 1.807) is 6.07 Å². The van der Waals surface area contributed by atoms with Crippen molar-refractivity contribution < 1.29 is 0 Å². The van der Waals surface area contributed by atoms with Crippen LogP contribution in [0.1, 0.15) is 12.5 Å². The number of nitrogen functional groups attached to an aromatic ring is 1. The van der Waals surface area contributed by atoms with Gasteiger partial charge in [0, 0.05) is 10.2 Å². The Morgan fingerprint density at radius 1 is 1.55 bits per heavy atom. The summed E-state index contributed by atoms with van der Waals surface area (Å²) in [4.78, 5) is 0. The molecule has 0 bridgehead atoms. The standard InChI is InChI=1S/C8H9BrClN/c1-2-5-3-6(9)7(10)4-8(5)11/h3-4H,2,11H2,1H3. The normalized spacial score (nSPS) is 10.1. The SMILES string of the molecule is CCc1cc(Br)c(Cl)cc1N. The van der Waals surface area contributed by atoms with Crippen molar-refractivity contribution in [3.8, 4) is 0 Å². The number of aryl methyl sites for hydroxylation is 1. The number of nitrogens with two attached hydrogens (primary N) is 1. The van der Waals surface area contributed by atoms with E-state index >= 15 is 0 Å². The number of halogens is 2. The fraction of sp³-hybridized carbons (Fsp3) is 0.250. The number of anilines is 1. The van der Waals surface area contributed by atoms with Crippen LogP contribution >= 0.6 is 27.5 Å². The molecule has 1 nitrogen and oxygen atoms in total. The Hall–Kier alpha value is -0.210. The van der Waals surface area contributed by atoms with Crippen molar-refractivity contribution >= 4 is 33.2 Å². The molecule has 0 atom stereocenters. The second-order valence-electron chi connectivity index (χ2n) is 2.32. The number of rotatable bonds is 1. The van der Waals surface area contributed by atoms with E-state index in [2.05, 4.69) is 22.9 Å². The van der Waals surface area contributed by atoms with E-state index in [-0.39, 0.29) is 0 Å². The molecule has 11 heavy (non-hydrogen) atoms. The fourth-order valence-electron chi connectivity index (χ4n) is 0.910. The molecule has 1 rings (SSSR count). The van der Waals surface area contributed by atoms with Crippen molar-refractivity contribution in [1.82, 2.24) is 0 Å². The molecule has 1 aromatic rings.